The third-order valence-corrected chi connectivity index (χ3v) is 5.13. The molecule has 0 saturated carbocycles. The number of hydrogen-bond acceptors (Lipinski definition) is 7. The highest BCUT2D eigenvalue weighted by molar-refractivity contribution is 7.89. The summed E-state index contributed by atoms with van der Waals surface area (Å²) < 4.78 is 27.5. The van der Waals surface area contributed by atoms with Crippen LogP contribution >= 0.6 is 0 Å². The van der Waals surface area contributed by atoms with E-state index in [1.165, 1.54) is 17.7 Å². The molecule has 2 aromatic rings. The fourth-order valence-corrected chi connectivity index (χ4v) is 3.00. The first kappa shape index (κ1) is 27.6. The van der Waals surface area contributed by atoms with Crippen molar-refractivity contribution in [1.29, 1.82) is 0 Å². The van der Waals surface area contributed by atoms with Gasteiger partial charge in [-0.2, -0.15) is 0 Å². The van der Waals surface area contributed by atoms with Crippen molar-refractivity contribution in [2.75, 3.05) is 26.7 Å². The van der Waals surface area contributed by atoms with Crippen LogP contribution in [0.15, 0.2) is 53.4 Å². The Morgan fingerprint density at radius 1 is 0.879 bits per heavy atom. The van der Waals surface area contributed by atoms with E-state index in [2.05, 4.69) is 10.6 Å². The zero-order valence-electron chi connectivity index (χ0n) is 18.0. The van der Waals surface area contributed by atoms with Crippen LogP contribution in [0.25, 0.3) is 0 Å². The zero-order valence-corrected chi connectivity index (χ0v) is 18.8. The Kier molecular flexibility index (Phi) is 11.5. The lowest BCUT2D eigenvalue weighted by molar-refractivity contribution is -0.159. The molecule has 0 aliphatic rings. The number of aliphatic carboxylic acids is 2. The second-order valence-electron chi connectivity index (χ2n) is 6.67. The minimum Gasteiger partial charge on any atom is -0.497 e. The Labute approximate surface area is 191 Å². The number of ether oxygens (including phenoxy) is 1. The van der Waals surface area contributed by atoms with Gasteiger partial charge in [0.25, 0.3) is 0 Å². The Bertz CT molecular complexity index is 1010. The number of carbonyl (C=O) groups excluding carboxylic acids is 1. The molecule has 0 saturated heterocycles. The molecule has 0 spiro atoms. The minimum atomic E-state index is -3.67. The molecule has 180 valence electrons. The molecule has 2 aromatic carbocycles. The van der Waals surface area contributed by atoms with E-state index in [1.807, 2.05) is 24.3 Å². The number of rotatable bonds is 10. The van der Waals surface area contributed by atoms with Gasteiger partial charge in [0, 0.05) is 6.54 Å². The Morgan fingerprint density at radius 3 is 1.82 bits per heavy atom. The summed E-state index contributed by atoms with van der Waals surface area (Å²) in [6, 6.07) is 14.1. The maximum Gasteiger partial charge on any atom is 0.414 e. The first-order valence-electron chi connectivity index (χ1n) is 9.71. The summed E-state index contributed by atoms with van der Waals surface area (Å²) in [5, 5.41) is 25.8. The number of benzene rings is 2. The van der Waals surface area contributed by atoms with Crippen molar-refractivity contribution < 1.29 is 37.8 Å². The number of nitrogens with two attached hydrogens (primary N) is 1. The Balaban J connectivity index is 0.000000801. The summed E-state index contributed by atoms with van der Waals surface area (Å²) in [6.07, 6.45) is 1.44. The van der Waals surface area contributed by atoms with Crippen LogP contribution in [0.5, 0.6) is 5.75 Å². The summed E-state index contributed by atoms with van der Waals surface area (Å²) in [4.78, 5) is 30.1. The number of carboxylic acid groups (broad SMARTS) is 2. The van der Waals surface area contributed by atoms with Crippen molar-refractivity contribution in [3.05, 3.63) is 59.7 Å². The number of primary sulfonamides is 1. The van der Waals surface area contributed by atoms with E-state index in [0.717, 1.165) is 17.7 Å². The number of hydrogen-bond donors (Lipinski definition) is 5. The van der Waals surface area contributed by atoms with Crippen molar-refractivity contribution in [3.8, 4) is 5.75 Å². The highest BCUT2D eigenvalue weighted by atomic mass is 32.2. The van der Waals surface area contributed by atoms with Gasteiger partial charge in [0.15, 0.2) is 0 Å². The van der Waals surface area contributed by atoms with Gasteiger partial charge in [0.2, 0.25) is 15.9 Å². The molecule has 0 aromatic heterocycles. The number of carbonyl (C=O) groups is 3. The molecule has 0 radical (unpaired) electrons. The van der Waals surface area contributed by atoms with Crippen molar-refractivity contribution in [3.63, 3.8) is 0 Å². The molecule has 1 amide bonds. The molecule has 0 heterocycles. The van der Waals surface area contributed by atoms with Crippen LogP contribution in [0.4, 0.5) is 0 Å². The fourth-order valence-electron chi connectivity index (χ4n) is 2.48. The van der Waals surface area contributed by atoms with E-state index >= 15 is 0 Å². The van der Waals surface area contributed by atoms with Gasteiger partial charge >= 0.3 is 11.9 Å². The number of sulfonamides is 1. The lowest BCUT2D eigenvalue weighted by atomic mass is 10.1. The maximum absolute atomic E-state index is 11.8. The van der Waals surface area contributed by atoms with Gasteiger partial charge in [-0.05, 0) is 54.8 Å². The molecule has 0 aliphatic heterocycles. The van der Waals surface area contributed by atoms with Crippen LogP contribution in [0.3, 0.4) is 0 Å². The Morgan fingerprint density at radius 2 is 1.36 bits per heavy atom. The second kappa shape index (κ2) is 13.8. The first-order valence-corrected chi connectivity index (χ1v) is 11.3. The highest BCUT2D eigenvalue weighted by Crippen LogP contribution is 2.11. The number of carboxylic acids is 2. The molecule has 0 aliphatic carbocycles. The molecular formula is C21H27N3O8S. The quantitative estimate of drug-likeness (QED) is 0.230. The van der Waals surface area contributed by atoms with Crippen LogP contribution < -0.4 is 20.5 Å². The molecule has 33 heavy (non-hydrogen) atoms. The van der Waals surface area contributed by atoms with E-state index in [-0.39, 0.29) is 17.3 Å². The summed E-state index contributed by atoms with van der Waals surface area (Å²) in [6.45, 7) is 1.43. The van der Waals surface area contributed by atoms with E-state index in [0.29, 0.717) is 19.5 Å². The summed E-state index contributed by atoms with van der Waals surface area (Å²) in [5.41, 5.74) is 2.10. The molecule has 2 rings (SSSR count). The summed E-state index contributed by atoms with van der Waals surface area (Å²) in [7, 11) is -2.04. The van der Waals surface area contributed by atoms with Gasteiger partial charge in [-0.25, -0.2) is 23.1 Å². The lowest BCUT2D eigenvalue weighted by Gasteiger charge is -2.08. The number of amides is 1. The largest absolute Gasteiger partial charge is 0.497 e. The van der Waals surface area contributed by atoms with E-state index in [1.54, 1.807) is 19.2 Å². The predicted molar refractivity (Wildman–Crippen MR) is 119 cm³/mol. The smallest absolute Gasteiger partial charge is 0.414 e. The maximum atomic E-state index is 11.8. The number of methoxy groups -OCH3 is 1. The summed E-state index contributed by atoms with van der Waals surface area (Å²) >= 11 is 0. The van der Waals surface area contributed by atoms with E-state index in [4.69, 9.17) is 29.7 Å². The van der Waals surface area contributed by atoms with Crippen molar-refractivity contribution in [2.24, 2.45) is 5.14 Å². The molecule has 6 N–H and O–H groups in total. The van der Waals surface area contributed by atoms with Gasteiger partial charge in [0.05, 0.1) is 18.6 Å². The molecule has 0 bridgehead atoms. The second-order valence-corrected chi connectivity index (χ2v) is 8.24. The average molecular weight is 482 g/mol. The fraction of sp³-hybridized carbons (Fsp3) is 0.286. The first-order chi connectivity index (χ1) is 15.5. The molecule has 0 atom stereocenters. The minimum absolute atomic E-state index is 0.0779. The average Bonchev–Trinajstić information content (AvgIpc) is 2.77. The third-order valence-electron chi connectivity index (χ3n) is 4.21. The van der Waals surface area contributed by atoms with Gasteiger partial charge in [-0.1, -0.05) is 24.3 Å². The molecule has 11 nitrogen and oxygen atoms in total. The van der Waals surface area contributed by atoms with Gasteiger partial charge in [-0.15, -0.1) is 0 Å². The number of nitrogens with one attached hydrogen (secondary N) is 2. The monoisotopic (exact) mass is 481 g/mol. The molecular weight excluding hydrogens is 454 g/mol. The van der Waals surface area contributed by atoms with Crippen LogP contribution in [-0.2, 0) is 37.2 Å². The lowest BCUT2D eigenvalue weighted by Crippen LogP contribution is -2.35. The van der Waals surface area contributed by atoms with Gasteiger partial charge in [-0.3, -0.25) is 4.79 Å². The van der Waals surface area contributed by atoms with Crippen molar-refractivity contribution >= 4 is 27.9 Å². The normalized spacial score (nSPS) is 10.5. The van der Waals surface area contributed by atoms with Crippen LogP contribution in [0, 0.1) is 0 Å². The Hall–Kier alpha value is -3.48. The van der Waals surface area contributed by atoms with E-state index in [9.17, 15) is 13.2 Å². The van der Waals surface area contributed by atoms with Crippen molar-refractivity contribution in [2.45, 2.75) is 17.7 Å². The zero-order chi connectivity index (χ0) is 24.9. The van der Waals surface area contributed by atoms with Gasteiger partial charge < -0.3 is 25.6 Å². The molecule has 12 heteroatoms. The predicted octanol–water partition coefficient (Wildman–Crippen LogP) is -0.0108. The van der Waals surface area contributed by atoms with Crippen molar-refractivity contribution in [1.82, 2.24) is 10.6 Å². The SMILES string of the molecule is COc1ccc(CCNCC(=O)NCCc2ccc(S(N)(=O)=O)cc2)cc1.O=C(O)C(=O)O. The standard InChI is InChI=1S/C19H25N3O4S.C2H2O4/c1-26-17-6-2-15(3-7-17)10-12-21-14-19(23)22-13-11-16-4-8-18(9-5-16)27(20,24)25;3-1(4)2(5)6/h2-9,21H,10-14H2,1H3,(H,22,23)(H2,20,24,25);(H,3,4)(H,5,6). The van der Waals surface area contributed by atoms with Crippen LogP contribution in [-0.4, -0.2) is 63.2 Å². The van der Waals surface area contributed by atoms with E-state index < -0.39 is 22.0 Å². The summed E-state index contributed by atoms with van der Waals surface area (Å²) in [5.74, 6) is -2.90. The third kappa shape index (κ3) is 11.6. The molecule has 0 unspecified atom stereocenters. The van der Waals surface area contributed by atoms with Crippen LogP contribution in [0.2, 0.25) is 0 Å². The molecule has 0 fully saturated rings. The topological polar surface area (TPSA) is 185 Å². The highest BCUT2D eigenvalue weighted by Gasteiger charge is 2.07. The van der Waals surface area contributed by atoms with Crippen LogP contribution in [0.1, 0.15) is 11.1 Å². The van der Waals surface area contributed by atoms with Gasteiger partial charge in [0.1, 0.15) is 5.75 Å².